The molecule has 0 radical (unpaired) electrons. The van der Waals surface area contributed by atoms with Gasteiger partial charge in [-0.15, -0.1) is 0 Å². The summed E-state index contributed by atoms with van der Waals surface area (Å²) in [5.74, 6) is 8.00. The third-order valence-corrected chi connectivity index (χ3v) is 0. The third kappa shape index (κ3) is 1210. The summed E-state index contributed by atoms with van der Waals surface area (Å²) in [5.41, 5.74) is 0. The number of rotatable bonds is 0. The van der Waals surface area contributed by atoms with Gasteiger partial charge in [0.25, 0.3) is 0 Å². The van der Waals surface area contributed by atoms with Crippen molar-refractivity contribution in [2.45, 2.75) is 0 Å². The van der Waals surface area contributed by atoms with E-state index in [4.69, 9.17) is 5.21 Å². The molecule has 0 spiro atoms. The average molecular weight is 93.1 g/mol. The lowest BCUT2D eigenvalue weighted by molar-refractivity contribution is -0.0372. The van der Waals surface area contributed by atoms with Gasteiger partial charge in [-0.2, -0.15) is 5.06 Å². The Labute approximate surface area is 37.3 Å². The van der Waals surface area contributed by atoms with Gasteiger partial charge in [0, 0.05) is 14.1 Å². The largest absolute Gasteiger partial charge is 0.315 e. The van der Waals surface area contributed by atoms with Crippen LogP contribution in [-0.4, -0.2) is 24.4 Å². The summed E-state index contributed by atoms with van der Waals surface area (Å²) in [4.78, 5) is 0. The first-order chi connectivity index (χ1) is 2.73. The first-order valence-electron chi connectivity index (χ1n) is 1.43. The summed E-state index contributed by atoms with van der Waals surface area (Å²) < 4.78 is 0. The fourth-order valence-corrected chi connectivity index (χ4v) is 0. The van der Waals surface area contributed by atoms with Gasteiger partial charge in [0.15, 0.2) is 0 Å². The van der Waals surface area contributed by atoms with Crippen molar-refractivity contribution in [1.29, 1.82) is 0 Å². The molecule has 0 bridgehead atoms. The van der Waals surface area contributed by atoms with Gasteiger partial charge in [-0.1, -0.05) is 0 Å². The molecule has 4 heteroatoms. The highest BCUT2D eigenvalue weighted by Gasteiger charge is 1.59. The molecule has 0 saturated heterocycles. The molecule has 0 amide bonds. The zero-order valence-corrected chi connectivity index (χ0v) is 4.05. The molecule has 0 aromatic rings. The second-order valence-corrected chi connectivity index (χ2v) is 0.847. The minimum atomic E-state index is 1.00. The molecule has 0 aromatic heterocycles. The zero-order valence-electron chi connectivity index (χ0n) is 4.05. The van der Waals surface area contributed by atoms with Crippen LogP contribution in [0.5, 0.6) is 0 Å². The van der Waals surface area contributed by atoms with E-state index in [1.165, 1.54) is 0 Å². The minimum absolute atomic E-state index is 1.00. The van der Waals surface area contributed by atoms with Crippen LogP contribution < -0.4 is 11.7 Å². The quantitative estimate of drug-likeness (QED) is 0.258. The Morgan fingerprint density at radius 1 is 1.33 bits per heavy atom. The van der Waals surface area contributed by atoms with Crippen LogP contribution in [0.3, 0.4) is 0 Å². The van der Waals surface area contributed by atoms with E-state index >= 15 is 0 Å². The molecular weight excluding hydrogens is 82.0 g/mol. The standard InChI is InChI=1S/C2H7NO.H4N2/c1-3(2)4;1-2/h4H,1-2H3;1-2H2. The number of hydrazine groups is 1. The Bertz CT molecular complexity index is 13.5. The molecule has 0 unspecified atom stereocenters. The van der Waals surface area contributed by atoms with Crippen LogP contribution in [0.4, 0.5) is 0 Å². The smallest absolute Gasteiger partial charge is 0.0121 e. The Kier molecular flexibility index (Phi) is 13.7. The molecule has 0 aliphatic heterocycles. The fraction of sp³-hybridized carbons (Fsp3) is 1.00. The molecule has 0 aromatic carbocycles. The van der Waals surface area contributed by atoms with Crippen LogP contribution in [0.15, 0.2) is 0 Å². The van der Waals surface area contributed by atoms with Gasteiger partial charge in [0.05, 0.1) is 0 Å². The van der Waals surface area contributed by atoms with Crippen molar-refractivity contribution < 1.29 is 5.21 Å². The van der Waals surface area contributed by atoms with Crippen molar-refractivity contribution in [3.8, 4) is 0 Å². The van der Waals surface area contributed by atoms with Gasteiger partial charge in [-0.3, -0.25) is 11.7 Å². The number of nitrogens with two attached hydrogens (primary N) is 2. The second kappa shape index (κ2) is 8.85. The zero-order chi connectivity index (χ0) is 5.58. The van der Waals surface area contributed by atoms with Gasteiger partial charge in [-0.05, 0) is 0 Å². The van der Waals surface area contributed by atoms with Crippen LogP contribution >= 0.6 is 0 Å². The molecule has 0 heterocycles. The van der Waals surface area contributed by atoms with E-state index < -0.39 is 0 Å². The summed E-state index contributed by atoms with van der Waals surface area (Å²) in [7, 11) is 3.11. The molecule has 0 fully saturated rings. The highest BCUT2D eigenvalue weighted by Crippen LogP contribution is 1.46. The SMILES string of the molecule is CN(C)O.NN. The van der Waals surface area contributed by atoms with Gasteiger partial charge >= 0.3 is 0 Å². The summed E-state index contributed by atoms with van der Waals surface area (Å²) in [6.07, 6.45) is 0. The van der Waals surface area contributed by atoms with E-state index in [0.29, 0.717) is 0 Å². The van der Waals surface area contributed by atoms with Crippen molar-refractivity contribution >= 4 is 0 Å². The van der Waals surface area contributed by atoms with Crippen LogP contribution in [0.1, 0.15) is 0 Å². The van der Waals surface area contributed by atoms with Crippen molar-refractivity contribution in [2.75, 3.05) is 14.1 Å². The third-order valence-electron chi connectivity index (χ3n) is 0. The number of hydrogen-bond acceptors (Lipinski definition) is 4. The van der Waals surface area contributed by atoms with E-state index in [1.54, 1.807) is 14.1 Å². The molecule has 6 heavy (non-hydrogen) atoms. The Hall–Kier alpha value is -0.160. The molecule has 4 nitrogen and oxygen atoms in total. The molecule has 0 aliphatic rings. The van der Waals surface area contributed by atoms with Crippen molar-refractivity contribution in [2.24, 2.45) is 11.7 Å². The lowest BCUT2D eigenvalue weighted by Gasteiger charge is -1.89. The molecular formula is C2H11N3O. The normalized spacial score (nSPS) is 7.00. The molecule has 0 rings (SSSR count). The predicted molar refractivity (Wildman–Crippen MR) is 23.8 cm³/mol. The summed E-state index contributed by atoms with van der Waals surface area (Å²) in [5, 5.41) is 8.89. The predicted octanol–water partition coefficient (Wildman–Crippen LogP) is -1.24. The Morgan fingerprint density at radius 3 is 1.33 bits per heavy atom. The fourth-order valence-electron chi connectivity index (χ4n) is 0. The maximum absolute atomic E-state index is 7.89. The van der Waals surface area contributed by atoms with Crippen molar-refractivity contribution in [3.05, 3.63) is 0 Å². The summed E-state index contributed by atoms with van der Waals surface area (Å²) in [6.45, 7) is 0. The maximum atomic E-state index is 7.89. The minimum Gasteiger partial charge on any atom is -0.315 e. The number of hydrogen-bond donors (Lipinski definition) is 3. The lowest BCUT2D eigenvalue weighted by Crippen LogP contribution is -2.02. The summed E-state index contributed by atoms with van der Waals surface area (Å²) in [6, 6.07) is 0. The van der Waals surface area contributed by atoms with Gasteiger partial charge in [0.2, 0.25) is 0 Å². The second-order valence-electron chi connectivity index (χ2n) is 0.847. The maximum Gasteiger partial charge on any atom is 0.0121 e. The molecule has 40 valence electrons. The Balaban J connectivity index is 0. The highest BCUT2D eigenvalue weighted by atomic mass is 16.5. The number of hydroxylamine groups is 2. The monoisotopic (exact) mass is 93.1 g/mol. The van der Waals surface area contributed by atoms with Gasteiger partial charge in [-0.25, -0.2) is 0 Å². The van der Waals surface area contributed by atoms with E-state index in [1.807, 2.05) is 0 Å². The van der Waals surface area contributed by atoms with Gasteiger partial charge < -0.3 is 5.21 Å². The first-order valence-corrected chi connectivity index (χ1v) is 1.43. The van der Waals surface area contributed by atoms with Gasteiger partial charge in [0.1, 0.15) is 0 Å². The highest BCUT2D eigenvalue weighted by molar-refractivity contribution is 3.90. The van der Waals surface area contributed by atoms with Crippen LogP contribution in [-0.2, 0) is 0 Å². The molecule has 0 atom stereocenters. The van der Waals surface area contributed by atoms with Crippen molar-refractivity contribution in [3.63, 3.8) is 0 Å². The topological polar surface area (TPSA) is 75.5 Å². The van der Waals surface area contributed by atoms with Crippen LogP contribution in [0, 0.1) is 0 Å². The van der Waals surface area contributed by atoms with Crippen molar-refractivity contribution in [1.82, 2.24) is 5.06 Å². The molecule has 0 aliphatic carbocycles. The van der Waals surface area contributed by atoms with Crippen LogP contribution in [0.25, 0.3) is 0 Å². The summed E-state index contributed by atoms with van der Waals surface area (Å²) >= 11 is 0. The lowest BCUT2D eigenvalue weighted by atomic mass is 11.2. The average Bonchev–Trinajstić information content (AvgIpc) is 1.41. The molecule has 5 N–H and O–H groups in total. The van der Waals surface area contributed by atoms with E-state index in [9.17, 15) is 0 Å². The first kappa shape index (κ1) is 9.28. The molecule has 0 saturated carbocycles. The van der Waals surface area contributed by atoms with E-state index in [2.05, 4.69) is 11.7 Å². The van der Waals surface area contributed by atoms with E-state index in [0.717, 1.165) is 5.06 Å². The Morgan fingerprint density at radius 2 is 1.33 bits per heavy atom. The van der Waals surface area contributed by atoms with Crippen LogP contribution in [0.2, 0.25) is 0 Å². The number of nitrogens with zero attached hydrogens (tertiary/aromatic N) is 1. The van der Waals surface area contributed by atoms with E-state index in [-0.39, 0.29) is 0 Å².